The first kappa shape index (κ1) is 23.8. The Bertz CT molecular complexity index is 1150. The van der Waals surface area contributed by atoms with Crippen LogP contribution in [0.1, 0.15) is 32.3 Å². The van der Waals surface area contributed by atoms with E-state index >= 15 is 0 Å². The molecule has 2 amide bonds. The van der Waals surface area contributed by atoms with E-state index < -0.39 is 15.9 Å². The monoisotopic (exact) mass is 497 g/mol. The molecule has 2 atom stereocenters. The smallest absolute Gasteiger partial charge is 0.309 e. The highest BCUT2D eigenvalue weighted by molar-refractivity contribution is 8.03. The zero-order valence-electron chi connectivity index (χ0n) is 19.8. The lowest BCUT2D eigenvalue weighted by Crippen LogP contribution is -2.52. The number of ether oxygens (including phenoxy) is 1. The zero-order chi connectivity index (χ0) is 24.7. The van der Waals surface area contributed by atoms with Gasteiger partial charge in [0.2, 0.25) is 10.8 Å². The van der Waals surface area contributed by atoms with Gasteiger partial charge in [-0.05, 0) is 57.0 Å². The SMILES string of the molecule is CCOC(=O)C1CCN(CN2C(=O)C3(SC(C)C(=O)N3c3ccc(F)cc3)c3ccccc32)CC1. The molecule has 0 bridgehead atoms. The zero-order valence-corrected chi connectivity index (χ0v) is 20.6. The van der Waals surface area contributed by atoms with Gasteiger partial charge in [-0.2, -0.15) is 0 Å². The summed E-state index contributed by atoms with van der Waals surface area (Å²) in [6, 6.07) is 13.3. The highest BCUT2D eigenvalue weighted by Crippen LogP contribution is 2.57. The first-order chi connectivity index (χ1) is 16.9. The lowest BCUT2D eigenvalue weighted by molar-refractivity contribution is -0.149. The fourth-order valence-corrected chi connectivity index (χ4v) is 6.77. The number of likely N-dealkylation sites (tertiary alicyclic amines) is 1. The molecule has 5 rings (SSSR count). The van der Waals surface area contributed by atoms with Crippen LogP contribution in [0.2, 0.25) is 0 Å². The summed E-state index contributed by atoms with van der Waals surface area (Å²) in [5.41, 5.74) is 2.03. The Morgan fingerprint density at radius 1 is 1.11 bits per heavy atom. The van der Waals surface area contributed by atoms with E-state index in [1.54, 1.807) is 30.9 Å². The number of rotatable bonds is 5. The largest absolute Gasteiger partial charge is 0.466 e. The van der Waals surface area contributed by atoms with Crippen LogP contribution in [0.25, 0.3) is 0 Å². The Morgan fingerprint density at radius 3 is 2.49 bits per heavy atom. The minimum absolute atomic E-state index is 0.114. The molecule has 1 spiro atoms. The van der Waals surface area contributed by atoms with Gasteiger partial charge in [0, 0.05) is 24.3 Å². The first-order valence-corrected chi connectivity index (χ1v) is 12.8. The second kappa shape index (κ2) is 9.28. The van der Waals surface area contributed by atoms with Crippen molar-refractivity contribution in [3.05, 3.63) is 59.9 Å². The van der Waals surface area contributed by atoms with E-state index in [4.69, 9.17) is 4.74 Å². The molecule has 0 saturated carbocycles. The van der Waals surface area contributed by atoms with Crippen molar-refractivity contribution >= 4 is 40.9 Å². The fourth-order valence-electron chi connectivity index (χ4n) is 5.24. The molecule has 184 valence electrons. The van der Waals surface area contributed by atoms with Crippen molar-refractivity contribution in [3.63, 3.8) is 0 Å². The maximum absolute atomic E-state index is 14.2. The standard InChI is InChI=1S/C26H28FN3O4S/c1-3-34-24(32)18-12-14-28(15-13-18)16-29-22-7-5-4-6-21(22)26(25(29)33)30(23(31)17(2)35-26)20-10-8-19(27)9-11-20/h4-11,17-18H,3,12-16H2,1-2H3. The third-order valence-electron chi connectivity index (χ3n) is 6.96. The number of carbonyl (C=O) groups is 3. The second-order valence-corrected chi connectivity index (χ2v) is 10.6. The molecule has 0 aromatic heterocycles. The molecule has 2 saturated heterocycles. The normalized spacial score (nSPS) is 24.9. The summed E-state index contributed by atoms with van der Waals surface area (Å²) in [5.74, 6) is -1.03. The summed E-state index contributed by atoms with van der Waals surface area (Å²) in [6.45, 7) is 5.70. The summed E-state index contributed by atoms with van der Waals surface area (Å²) in [6.07, 6.45) is 1.36. The van der Waals surface area contributed by atoms with E-state index in [9.17, 15) is 18.8 Å². The molecule has 3 aliphatic rings. The number of hydrogen-bond acceptors (Lipinski definition) is 6. The van der Waals surface area contributed by atoms with E-state index in [-0.39, 0.29) is 23.7 Å². The Morgan fingerprint density at radius 2 is 1.80 bits per heavy atom. The van der Waals surface area contributed by atoms with Gasteiger partial charge in [-0.1, -0.05) is 18.2 Å². The van der Waals surface area contributed by atoms with Gasteiger partial charge in [0.25, 0.3) is 5.91 Å². The number of fused-ring (bicyclic) bond motifs is 2. The van der Waals surface area contributed by atoms with Crippen molar-refractivity contribution in [2.75, 3.05) is 36.2 Å². The maximum Gasteiger partial charge on any atom is 0.309 e. The molecule has 2 aromatic rings. The average Bonchev–Trinajstić information content (AvgIpc) is 3.26. The molecule has 0 radical (unpaired) electrons. The van der Waals surface area contributed by atoms with Crippen LogP contribution in [0, 0.1) is 11.7 Å². The average molecular weight is 498 g/mol. The number of halogens is 1. The number of benzene rings is 2. The lowest BCUT2D eigenvalue weighted by Gasteiger charge is -2.36. The van der Waals surface area contributed by atoms with Crippen LogP contribution in [0.15, 0.2) is 48.5 Å². The fraction of sp³-hybridized carbons (Fsp3) is 0.423. The van der Waals surface area contributed by atoms with Crippen LogP contribution in [0.3, 0.4) is 0 Å². The Labute approximate surface area is 208 Å². The Hall–Kier alpha value is -2.91. The number of thioether (sulfide) groups is 1. The molecule has 2 aromatic carbocycles. The number of piperidine rings is 1. The molecule has 2 unspecified atom stereocenters. The van der Waals surface area contributed by atoms with Crippen LogP contribution in [-0.4, -0.2) is 54.3 Å². The van der Waals surface area contributed by atoms with Crippen LogP contribution < -0.4 is 9.80 Å². The van der Waals surface area contributed by atoms with Gasteiger partial charge in [-0.25, -0.2) is 4.39 Å². The predicted octanol–water partition coefficient (Wildman–Crippen LogP) is 3.73. The van der Waals surface area contributed by atoms with Crippen LogP contribution in [-0.2, 0) is 24.0 Å². The van der Waals surface area contributed by atoms with Crippen molar-refractivity contribution in [1.29, 1.82) is 0 Å². The van der Waals surface area contributed by atoms with E-state index in [1.807, 2.05) is 24.3 Å². The van der Waals surface area contributed by atoms with E-state index in [1.165, 1.54) is 28.8 Å². The number of anilines is 2. The van der Waals surface area contributed by atoms with Crippen molar-refractivity contribution in [2.45, 2.75) is 36.8 Å². The number of nitrogens with zero attached hydrogens (tertiary/aromatic N) is 3. The molecule has 35 heavy (non-hydrogen) atoms. The third-order valence-corrected chi connectivity index (χ3v) is 8.43. The number of esters is 1. The number of carbonyl (C=O) groups excluding carboxylic acids is 3. The molecule has 0 aliphatic carbocycles. The molecular weight excluding hydrogens is 469 g/mol. The minimum atomic E-state index is -1.24. The molecule has 2 fully saturated rings. The maximum atomic E-state index is 14.2. The van der Waals surface area contributed by atoms with Gasteiger partial charge in [-0.15, -0.1) is 11.8 Å². The lowest BCUT2D eigenvalue weighted by atomic mass is 9.97. The van der Waals surface area contributed by atoms with Crippen LogP contribution in [0.4, 0.5) is 15.8 Å². The van der Waals surface area contributed by atoms with Gasteiger partial charge >= 0.3 is 5.97 Å². The van der Waals surface area contributed by atoms with E-state index in [2.05, 4.69) is 4.90 Å². The van der Waals surface area contributed by atoms with Crippen molar-refractivity contribution in [3.8, 4) is 0 Å². The quantitative estimate of drug-likeness (QED) is 0.587. The first-order valence-electron chi connectivity index (χ1n) is 11.9. The van der Waals surface area contributed by atoms with Crippen molar-refractivity contribution in [2.24, 2.45) is 5.92 Å². The highest BCUT2D eigenvalue weighted by atomic mass is 32.2. The van der Waals surface area contributed by atoms with Gasteiger partial charge in [0.1, 0.15) is 5.82 Å². The van der Waals surface area contributed by atoms with Crippen molar-refractivity contribution in [1.82, 2.24) is 4.90 Å². The second-order valence-electron chi connectivity index (χ2n) is 9.09. The van der Waals surface area contributed by atoms with E-state index in [0.717, 1.165) is 11.3 Å². The topological polar surface area (TPSA) is 70.2 Å². The minimum Gasteiger partial charge on any atom is -0.466 e. The summed E-state index contributed by atoms with van der Waals surface area (Å²) in [5, 5.41) is -0.433. The van der Waals surface area contributed by atoms with Gasteiger partial charge in [-0.3, -0.25) is 29.1 Å². The van der Waals surface area contributed by atoms with Gasteiger partial charge in [0.15, 0.2) is 0 Å². The summed E-state index contributed by atoms with van der Waals surface area (Å²) >= 11 is 1.33. The Kier molecular flexibility index (Phi) is 6.31. The number of para-hydroxylation sites is 1. The molecule has 7 nitrogen and oxygen atoms in total. The van der Waals surface area contributed by atoms with E-state index in [0.29, 0.717) is 44.9 Å². The Balaban J connectivity index is 1.45. The number of amides is 2. The van der Waals surface area contributed by atoms with Gasteiger partial charge < -0.3 is 4.74 Å². The summed E-state index contributed by atoms with van der Waals surface area (Å²) in [4.78, 5) is 43.9. The molecule has 0 N–H and O–H groups in total. The molecule has 9 heteroatoms. The predicted molar refractivity (Wildman–Crippen MR) is 132 cm³/mol. The summed E-state index contributed by atoms with van der Waals surface area (Å²) < 4.78 is 18.8. The highest BCUT2D eigenvalue weighted by Gasteiger charge is 2.63. The molecular formula is C26H28FN3O4S. The summed E-state index contributed by atoms with van der Waals surface area (Å²) in [7, 11) is 0. The van der Waals surface area contributed by atoms with Crippen molar-refractivity contribution < 1.29 is 23.5 Å². The molecule has 3 aliphatic heterocycles. The molecule has 3 heterocycles. The van der Waals surface area contributed by atoms with Crippen LogP contribution in [0.5, 0.6) is 0 Å². The van der Waals surface area contributed by atoms with Gasteiger partial charge in [0.05, 0.1) is 30.1 Å². The number of hydrogen-bond donors (Lipinski definition) is 0. The van der Waals surface area contributed by atoms with Crippen LogP contribution >= 0.6 is 11.8 Å². The third kappa shape index (κ3) is 3.90.